The Kier molecular flexibility index (Phi) is 7.70. The summed E-state index contributed by atoms with van der Waals surface area (Å²) >= 11 is 5.84. The average molecular weight is 540 g/mol. The van der Waals surface area contributed by atoms with E-state index in [-0.39, 0.29) is 22.9 Å². The van der Waals surface area contributed by atoms with Gasteiger partial charge >= 0.3 is 0 Å². The molecule has 2 heterocycles. The van der Waals surface area contributed by atoms with Crippen molar-refractivity contribution >= 4 is 47.7 Å². The molecular formula is C22H22ClN3O5S3. The zero-order valence-corrected chi connectivity index (χ0v) is 21.1. The molecule has 34 heavy (non-hydrogen) atoms. The number of halogens is 1. The number of benzene rings is 2. The van der Waals surface area contributed by atoms with Gasteiger partial charge in [-0.05, 0) is 60.0 Å². The van der Waals surface area contributed by atoms with Gasteiger partial charge in [-0.15, -0.1) is 10.7 Å². The van der Waals surface area contributed by atoms with E-state index in [0.29, 0.717) is 23.1 Å². The summed E-state index contributed by atoms with van der Waals surface area (Å²) in [6, 6.07) is 15.8. The van der Waals surface area contributed by atoms with Gasteiger partial charge in [0, 0.05) is 41.8 Å². The lowest BCUT2D eigenvalue weighted by Gasteiger charge is -2.26. The summed E-state index contributed by atoms with van der Waals surface area (Å²) in [5.74, 6) is 0.885. The van der Waals surface area contributed by atoms with Crippen LogP contribution in [-0.2, 0) is 26.7 Å². The highest BCUT2D eigenvalue weighted by Gasteiger charge is 2.27. The largest absolute Gasteiger partial charge is 0.489 e. The number of nitrogens with zero attached hydrogens (tertiary/aromatic N) is 2. The van der Waals surface area contributed by atoms with E-state index in [1.165, 1.54) is 40.7 Å². The molecule has 0 fully saturated rings. The molecule has 0 spiro atoms. The molecule has 180 valence electrons. The molecule has 0 aliphatic carbocycles. The van der Waals surface area contributed by atoms with E-state index < -0.39 is 30.7 Å². The molecule has 3 aromatic rings. The van der Waals surface area contributed by atoms with Crippen LogP contribution < -0.4 is 8.86 Å². The predicted octanol–water partition coefficient (Wildman–Crippen LogP) is 3.28. The van der Waals surface area contributed by atoms with Gasteiger partial charge in [-0.1, -0.05) is 17.7 Å². The second-order valence-electron chi connectivity index (χ2n) is 7.32. The van der Waals surface area contributed by atoms with Crippen molar-refractivity contribution in [1.29, 1.82) is 0 Å². The van der Waals surface area contributed by atoms with Crippen molar-refractivity contribution < 1.29 is 21.6 Å². The van der Waals surface area contributed by atoms with E-state index in [1.807, 2.05) is 12.1 Å². The molecule has 0 amide bonds. The van der Waals surface area contributed by atoms with Crippen molar-refractivity contribution in [3.63, 3.8) is 0 Å². The van der Waals surface area contributed by atoms with Gasteiger partial charge in [0.1, 0.15) is 12.4 Å². The van der Waals surface area contributed by atoms with Crippen molar-refractivity contribution in [1.82, 2.24) is 13.4 Å². The number of ether oxygens (including phenoxy) is 1. The molecule has 0 radical (unpaired) electrons. The molecule has 0 bridgehead atoms. The molecule has 1 aliphatic rings. The van der Waals surface area contributed by atoms with Gasteiger partial charge in [-0.3, -0.25) is 4.98 Å². The smallest absolute Gasteiger partial charge is 0.249 e. The predicted molar refractivity (Wildman–Crippen MR) is 134 cm³/mol. The molecule has 1 atom stereocenters. The van der Waals surface area contributed by atoms with Gasteiger partial charge in [0.15, 0.2) is 0 Å². The first-order chi connectivity index (χ1) is 16.2. The lowest BCUT2D eigenvalue weighted by Crippen LogP contribution is -2.39. The molecule has 0 saturated carbocycles. The van der Waals surface area contributed by atoms with Crippen LogP contribution in [0.3, 0.4) is 0 Å². The van der Waals surface area contributed by atoms with Crippen LogP contribution in [0, 0.1) is 0 Å². The standard InChI is InChI=1S/C22H22ClN3O5S3/c23-19-3-7-22(8-4-19)34(29,30)26-12-14-32(15-13-26)25-33(27,28)21-9-5-20(6-10-21)31-17-18-2-1-11-24-16-18/h1-11,14,16,25H,12-13,15,17H2. The summed E-state index contributed by atoms with van der Waals surface area (Å²) < 4.78 is 60.9. The van der Waals surface area contributed by atoms with Crippen molar-refractivity contribution in [3.8, 4) is 5.75 Å². The third kappa shape index (κ3) is 6.04. The Balaban J connectivity index is 1.37. The monoisotopic (exact) mass is 539 g/mol. The number of sulfonamides is 2. The van der Waals surface area contributed by atoms with Crippen LogP contribution in [0.2, 0.25) is 5.02 Å². The maximum absolute atomic E-state index is 12.8. The number of pyridine rings is 1. The summed E-state index contributed by atoms with van der Waals surface area (Å²) in [4.78, 5) is 4.29. The number of hydrogen-bond acceptors (Lipinski definition) is 6. The van der Waals surface area contributed by atoms with Crippen LogP contribution in [0.25, 0.3) is 0 Å². The summed E-state index contributed by atoms with van der Waals surface area (Å²) in [5, 5.41) is 2.13. The molecule has 2 aromatic carbocycles. The number of nitrogens with one attached hydrogen (secondary N) is 1. The lowest BCUT2D eigenvalue weighted by molar-refractivity contribution is 0.305. The SMILES string of the molecule is O=S(=O)(NS1=CCN(S(=O)(=O)c2ccc(Cl)cc2)CC1)c1ccc(OCc2cccnc2)cc1. The fourth-order valence-electron chi connectivity index (χ4n) is 3.15. The van der Waals surface area contributed by atoms with Gasteiger partial charge in [0.25, 0.3) is 0 Å². The Morgan fingerprint density at radius 1 is 1.00 bits per heavy atom. The summed E-state index contributed by atoms with van der Waals surface area (Å²) in [7, 11) is -8.24. The second kappa shape index (κ2) is 10.5. The van der Waals surface area contributed by atoms with Gasteiger partial charge in [-0.2, -0.15) is 8.43 Å². The first-order valence-electron chi connectivity index (χ1n) is 10.2. The molecule has 12 heteroatoms. The molecular weight excluding hydrogens is 518 g/mol. The van der Waals surface area contributed by atoms with Gasteiger partial charge in [0.05, 0.1) is 9.79 Å². The summed E-state index contributed by atoms with van der Waals surface area (Å²) in [6.45, 7) is 0.637. The van der Waals surface area contributed by atoms with E-state index in [2.05, 4.69) is 9.11 Å². The maximum Gasteiger partial charge on any atom is 0.249 e. The van der Waals surface area contributed by atoms with Crippen molar-refractivity contribution in [2.75, 3.05) is 18.8 Å². The minimum atomic E-state index is -3.77. The van der Waals surface area contributed by atoms with Crippen LogP contribution in [0.5, 0.6) is 5.75 Å². The molecule has 0 saturated heterocycles. The normalized spacial score (nSPS) is 17.1. The van der Waals surface area contributed by atoms with Crippen molar-refractivity contribution in [2.24, 2.45) is 0 Å². The minimum absolute atomic E-state index is 0.109. The first kappa shape index (κ1) is 24.8. The zero-order chi connectivity index (χ0) is 24.2. The molecule has 1 N–H and O–H groups in total. The van der Waals surface area contributed by atoms with Crippen LogP contribution in [0.15, 0.2) is 82.8 Å². The van der Waals surface area contributed by atoms with Crippen molar-refractivity contribution in [3.05, 3.63) is 83.6 Å². The lowest BCUT2D eigenvalue weighted by atomic mass is 10.3. The molecule has 1 aromatic heterocycles. The van der Waals surface area contributed by atoms with E-state index in [1.54, 1.807) is 29.9 Å². The molecule has 1 unspecified atom stereocenters. The number of aromatic nitrogens is 1. The Labute approximate surface area is 206 Å². The quantitative estimate of drug-likeness (QED) is 0.440. The molecule has 8 nitrogen and oxygen atoms in total. The Hall–Kier alpha value is -2.28. The molecule has 1 aliphatic heterocycles. The highest BCUT2D eigenvalue weighted by molar-refractivity contribution is 8.20. The zero-order valence-electron chi connectivity index (χ0n) is 17.9. The summed E-state index contributed by atoms with van der Waals surface area (Å²) in [5.41, 5.74) is 0.905. The van der Waals surface area contributed by atoms with E-state index in [0.717, 1.165) is 5.56 Å². The third-order valence-electron chi connectivity index (χ3n) is 4.97. The van der Waals surface area contributed by atoms with Crippen LogP contribution in [0.4, 0.5) is 0 Å². The van der Waals surface area contributed by atoms with Crippen LogP contribution in [-0.4, -0.2) is 50.3 Å². The van der Waals surface area contributed by atoms with Gasteiger partial charge < -0.3 is 4.74 Å². The van der Waals surface area contributed by atoms with Crippen LogP contribution >= 0.6 is 22.3 Å². The topological polar surface area (TPSA) is 106 Å². The van der Waals surface area contributed by atoms with E-state index in [4.69, 9.17) is 16.3 Å². The third-order valence-corrected chi connectivity index (χ3v) is 10.9. The van der Waals surface area contributed by atoms with E-state index in [9.17, 15) is 16.8 Å². The Bertz CT molecular complexity index is 1380. The van der Waals surface area contributed by atoms with E-state index >= 15 is 0 Å². The van der Waals surface area contributed by atoms with Crippen molar-refractivity contribution in [2.45, 2.75) is 16.4 Å². The van der Waals surface area contributed by atoms with Gasteiger partial charge in [0.2, 0.25) is 20.0 Å². The highest BCUT2D eigenvalue weighted by atomic mass is 35.5. The van der Waals surface area contributed by atoms with Gasteiger partial charge in [-0.25, -0.2) is 16.8 Å². The summed E-state index contributed by atoms with van der Waals surface area (Å²) in [6.07, 6.45) is 3.38. The fourth-order valence-corrected chi connectivity index (χ4v) is 8.42. The maximum atomic E-state index is 12.8. The number of rotatable bonds is 8. The first-order valence-corrected chi connectivity index (χ1v) is 14.9. The minimum Gasteiger partial charge on any atom is -0.489 e. The Morgan fingerprint density at radius 2 is 1.71 bits per heavy atom. The Morgan fingerprint density at radius 3 is 2.32 bits per heavy atom. The second-order valence-corrected chi connectivity index (χ2v) is 13.4. The fraction of sp³-hybridized carbons (Fsp3) is 0.182. The highest BCUT2D eigenvalue weighted by Crippen LogP contribution is 2.24. The number of hydrogen-bond donors (Lipinski definition) is 1. The average Bonchev–Trinajstić information content (AvgIpc) is 2.84. The molecule has 4 rings (SSSR count). The van der Waals surface area contributed by atoms with Crippen LogP contribution in [0.1, 0.15) is 5.56 Å².